The zero-order valence-corrected chi connectivity index (χ0v) is 14.2. The second-order valence-corrected chi connectivity index (χ2v) is 5.99. The van der Waals surface area contributed by atoms with E-state index in [4.69, 9.17) is 9.47 Å². The van der Waals surface area contributed by atoms with Gasteiger partial charge >= 0.3 is 0 Å². The molecule has 0 aliphatic carbocycles. The molecule has 0 saturated carbocycles. The van der Waals surface area contributed by atoms with Crippen LogP contribution >= 0.6 is 0 Å². The molecule has 1 unspecified atom stereocenters. The predicted molar refractivity (Wildman–Crippen MR) is 93.0 cm³/mol. The molecule has 25 heavy (non-hydrogen) atoms. The minimum Gasteiger partial charge on any atom is -0.493 e. The fraction of sp³-hybridized carbons (Fsp3) is 0.421. The first-order valence-corrected chi connectivity index (χ1v) is 8.68. The fourth-order valence-electron chi connectivity index (χ4n) is 2.63. The molecular weight excluding hydrogens is 318 g/mol. The monoisotopic (exact) mass is 341 g/mol. The molecule has 1 saturated heterocycles. The Balaban J connectivity index is 1.38. The highest BCUT2D eigenvalue weighted by atomic mass is 16.5. The van der Waals surface area contributed by atoms with Crippen LogP contribution in [0.3, 0.4) is 0 Å². The van der Waals surface area contributed by atoms with Gasteiger partial charge < -0.3 is 14.8 Å². The van der Waals surface area contributed by atoms with Crippen molar-refractivity contribution in [3.05, 3.63) is 54.1 Å². The van der Waals surface area contributed by atoms with Gasteiger partial charge in [-0.05, 0) is 31.4 Å². The van der Waals surface area contributed by atoms with Crippen molar-refractivity contribution in [2.75, 3.05) is 13.2 Å². The van der Waals surface area contributed by atoms with Crippen molar-refractivity contribution >= 4 is 5.91 Å². The van der Waals surface area contributed by atoms with Crippen molar-refractivity contribution in [1.82, 2.24) is 15.3 Å². The molecule has 1 atom stereocenters. The van der Waals surface area contributed by atoms with Crippen LogP contribution in [0.1, 0.15) is 43.2 Å². The Morgan fingerprint density at radius 2 is 2.00 bits per heavy atom. The van der Waals surface area contributed by atoms with E-state index in [1.165, 1.54) is 0 Å². The van der Waals surface area contributed by atoms with E-state index in [1.807, 2.05) is 30.3 Å². The number of nitrogens with one attached hydrogen (secondary N) is 1. The second kappa shape index (κ2) is 9.13. The summed E-state index contributed by atoms with van der Waals surface area (Å²) in [4.78, 5) is 20.6. The SMILES string of the molecule is O=C(CCOc1ccccc1)NCc1cnc(C2CCCCO2)nc1. The third-order valence-electron chi connectivity index (χ3n) is 4.02. The van der Waals surface area contributed by atoms with Crippen LogP contribution in [0.2, 0.25) is 0 Å². The van der Waals surface area contributed by atoms with Gasteiger partial charge in [-0.25, -0.2) is 9.97 Å². The zero-order chi connectivity index (χ0) is 17.3. The predicted octanol–water partition coefficient (Wildman–Crippen LogP) is 2.80. The van der Waals surface area contributed by atoms with Crippen LogP contribution in [0.4, 0.5) is 0 Å². The third-order valence-corrected chi connectivity index (χ3v) is 4.02. The lowest BCUT2D eigenvalue weighted by molar-refractivity contribution is -0.121. The lowest BCUT2D eigenvalue weighted by Crippen LogP contribution is -2.24. The number of rotatable bonds is 7. The molecule has 0 spiro atoms. The number of nitrogens with zero attached hydrogens (tertiary/aromatic N) is 2. The number of carbonyl (C=O) groups excluding carboxylic acids is 1. The molecule has 1 aliphatic heterocycles. The Kier molecular flexibility index (Phi) is 6.34. The standard InChI is InChI=1S/C19H23N3O3/c23-18(9-11-24-16-6-2-1-3-7-16)20-12-15-13-21-19(22-14-15)17-8-4-5-10-25-17/h1-3,6-7,13-14,17H,4-5,8-12H2,(H,20,23). The molecule has 0 bridgehead atoms. The lowest BCUT2D eigenvalue weighted by Gasteiger charge is -2.21. The Bertz CT molecular complexity index is 655. The maximum atomic E-state index is 11.9. The number of benzene rings is 1. The normalized spacial score (nSPS) is 17.0. The summed E-state index contributed by atoms with van der Waals surface area (Å²) in [5.41, 5.74) is 0.872. The molecule has 1 fully saturated rings. The number of hydrogen-bond donors (Lipinski definition) is 1. The van der Waals surface area contributed by atoms with Crippen LogP contribution < -0.4 is 10.1 Å². The van der Waals surface area contributed by atoms with E-state index in [0.29, 0.717) is 19.6 Å². The van der Waals surface area contributed by atoms with Gasteiger partial charge in [-0.3, -0.25) is 4.79 Å². The van der Waals surface area contributed by atoms with Gasteiger partial charge in [0.05, 0.1) is 13.0 Å². The third kappa shape index (κ3) is 5.53. The second-order valence-electron chi connectivity index (χ2n) is 5.99. The summed E-state index contributed by atoms with van der Waals surface area (Å²) in [5, 5.41) is 2.85. The molecule has 6 nitrogen and oxygen atoms in total. The average Bonchev–Trinajstić information content (AvgIpc) is 2.68. The highest BCUT2D eigenvalue weighted by Crippen LogP contribution is 2.24. The molecular formula is C19H23N3O3. The Labute approximate surface area is 147 Å². The van der Waals surface area contributed by atoms with Gasteiger partial charge in [0.2, 0.25) is 5.91 Å². The molecule has 1 amide bonds. The average molecular weight is 341 g/mol. The summed E-state index contributed by atoms with van der Waals surface area (Å²) < 4.78 is 11.2. The number of carbonyl (C=O) groups is 1. The molecule has 2 aromatic rings. The van der Waals surface area contributed by atoms with Crippen molar-refractivity contribution < 1.29 is 14.3 Å². The van der Waals surface area contributed by atoms with Crippen LogP contribution in [-0.4, -0.2) is 29.1 Å². The van der Waals surface area contributed by atoms with E-state index in [2.05, 4.69) is 15.3 Å². The van der Waals surface area contributed by atoms with Gasteiger partial charge in [-0.15, -0.1) is 0 Å². The van der Waals surface area contributed by atoms with Crippen LogP contribution in [0, 0.1) is 0 Å². The smallest absolute Gasteiger partial charge is 0.223 e. The van der Waals surface area contributed by atoms with Crippen molar-refractivity contribution in [2.45, 2.75) is 38.3 Å². The topological polar surface area (TPSA) is 73.3 Å². The molecule has 6 heteroatoms. The molecule has 0 radical (unpaired) electrons. The van der Waals surface area contributed by atoms with Crippen molar-refractivity contribution in [3.63, 3.8) is 0 Å². The number of aromatic nitrogens is 2. The van der Waals surface area contributed by atoms with Gasteiger partial charge in [-0.1, -0.05) is 18.2 Å². The number of hydrogen-bond acceptors (Lipinski definition) is 5. The largest absolute Gasteiger partial charge is 0.493 e. The van der Waals surface area contributed by atoms with Crippen LogP contribution in [0.25, 0.3) is 0 Å². The van der Waals surface area contributed by atoms with E-state index in [1.54, 1.807) is 12.4 Å². The van der Waals surface area contributed by atoms with E-state index in [0.717, 1.165) is 43.0 Å². The van der Waals surface area contributed by atoms with Gasteiger partial charge in [-0.2, -0.15) is 0 Å². The van der Waals surface area contributed by atoms with Crippen LogP contribution in [0.5, 0.6) is 5.75 Å². The van der Waals surface area contributed by atoms with Gasteiger partial charge in [0.25, 0.3) is 0 Å². The molecule has 1 aliphatic rings. The highest BCUT2D eigenvalue weighted by Gasteiger charge is 2.18. The number of para-hydroxylation sites is 1. The molecule has 1 aromatic carbocycles. The first-order valence-electron chi connectivity index (χ1n) is 8.68. The number of amides is 1. The first-order chi connectivity index (χ1) is 12.3. The summed E-state index contributed by atoms with van der Waals surface area (Å²) >= 11 is 0. The van der Waals surface area contributed by atoms with Crippen molar-refractivity contribution in [2.24, 2.45) is 0 Å². The molecule has 1 aromatic heterocycles. The van der Waals surface area contributed by atoms with Gasteiger partial charge in [0.15, 0.2) is 5.82 Å². The summed E-state index contributed by atoms with van der Waals surface area (Å²) in [5.74, 6) is 1.44. The van der Waals surface area contributed by atoms with Crippen LogP contribution in [-0.2, 0) is 16.1 Å². The molecule has 1 N–H and O–H groups in total. The minimum absolute atomic E-state index is 0.00697. The quantitative estimate of drug-likeness (QED) is 0.838. The van der Waals surface area contributed by atoms with Crippen molar-refractivity contribution in [3.8, 4) is 5.75 Å². The summed E-state index contributed by atoms with van der Waals surface area (Å²) in [6.45, 7) is 1.54. The minimum atomic E-state index is -0.0596. The lowest BCUT2D eigenvalue weighted by atomic mass is 10.1. The van der Waals surface area contributed by atoms with Crippen LogP contribution in [0.15, 0.2) is 42.7 Å². The molecule has 132 valence electrons. The maximum absolute atomic E-state index is 11.9. The molecule has 2 heterocycles. The van der Waals surface area contributed by atoms with E-state index < -0.39 is 0 Å². The maximum Gasteiger partial charge on any atom is 0.223 e. The molecule has 3 rings (SSSR count). The van der Waals surface area contributed by atoms with E-state index >= 15 is 0 Å². The van der Waals surface area contributed by atoms with Gasteiger partial charge in [0, 0.05) is 31.1 Å². The summed E-state index contributed by atoms with van der Waals surface area (Å²) in [6.07, 6.45) is 7.04. The first kappa shape index (κ1) is 17.4. The summed E-state index contributed by atoms with van der Waals surface area (Å²) in [6, 6.07) is 9.46. The van der Waals surface area contributed by atoms with E-state index in [-0.39, 0.29) is 12.0 Å². The van der Waals surface area contributed by atoms with E-state index in [9.17, 15) is 4.79 Å². The number of ether oxygens (including phenoxy) is 2. The highest BCUT2D eigenvalue weighted by molar-refractivity contribution is 5.75. The van der Waals surface area contributed by atoms with Crippen molar-refractivity contribution in [1.29, 1.82) is 0 Å². The van der Waals surface area contributed by atoms with Gasteiger partial charge in [0.1, 0.15) is 11.9 Å². The summed E-state index contributed by atoms with van der Waals surface area (Å²) in [7, 11) is 0. The Morgan fingerprint density at radius 1 is 1.20 bits per heavy atom. The Morgan fingerprint density at radius 3 is 2.72 bits per heavy atom. The zero-order valence-electron chi connectivity index (χ0n) is 14.2. The fourth-order valence-corrected chi connectivity index (χ4v) is 2.63. The Hall–Kier alpha value is -2.47.